The van der Waals surface area contributed by atoms with Crippen molar-refractivity contribution in [3.8, 4) is 0 Å². The Morgan fingerprint density at radius 1 is 1.06 bits per heavy atom. The van der Waals surface area contributed by atoms with Crippen LogP contribution in [0.4, 0.5) is 0 Å². The van der Waals surface area contributed by atoms with Gasteiger partial charge in [0.1, 0.15) is 0 Å². The molecule has 0 aliphatic heterocycles. The fourth-order valence-electron chi connectivity index (χ4n) is 1.70. The van der Waals surface area contributed by atoms with Gasteiger partial charge in [0.2, 0.25) is 0 Å². The van der Waals surface area contributed by atoms with Crippen molar-refractivity contribution in [3.63, 3.8) is 0 Å². The van der Waals surface area contributed by atoms with Crippen LogP contribution in [-0.2, 0) is 12.8 Å². The molecule has 0 saturated heterocycles. The average Bonchev–Trinajstić information content (AvgIpc) is 2.25. The third-order valence-corrected chi connectivity index (χ3v) is 3.29. The maximum atomic E-state index is 6.15. The standard InChI is InChI=1S/C15H25N/c1-5-12-6-8-13(9-7-12)10-11-14(16)15(2,3)4/h6-9,14H,5,10-11,16H2,1-4H3. The zero-order chi connectivity index (χ0) is 12.2. The van der Waals surface area contributed by atoms with Gasteiger partial charge in [-0.1, -0.05) is 52.0 Å². The van der Waals surface area contributed by atoms with Gasteiger partial charge in [-0.05, 0) is 35.8 Å². The van der Waals surface area contributed by atoms with E-state index in [0.29, 0.717) is 0 Å². The lowest BCUT2D eigenvalue weighted by Crippen LogP contribution is -2.35. The maximum Gasteiger partial charge on any atom is 0.00908 e. The molecule has 1 nitrogen and oxygen atoms in total. The molecule has 0 heterocycles. The highest BCUT2D eigenvalue weighted by molar-refractivity contribution is 5.22. The Labute approximate surface area is 100 Å². The van der Waals surface area contributed by atoms with Gasteiger partial charge in [-0.15, -0.1) is 0 Å². The summed E-state index contributed by atoms with van der Waals surface area (Å²) < 4.78 is 0. The first-order valence-corrected chi connectivity index (χ1v) is 6.27. The van der Waals surface area contributed by atoms with Gasteiger partial charge in [0.05, 0.1) is 0 Å². The Morgan fingerprint density at radius 3 is 2.00 bits per heavy atom. The summed E-state index contributed by atoms with van der Waals surface area (Å²) >= 11 is 0. The van der Waals surface area contributed by atoms with Crippen LogP contribution in [0, 0.1) is 5.41 Å². The first-order valence-electron chi connectivity index (χ1n) is 6.27. The highest BCUT2D eigenvalue weighted by atomic mass is 14.7. The summed E-state index contributed by atoms with van der Waals surface area (Å²) in [6.45, 7) is 8.80. The summed E-state index contributed by atoms with van der Waals surface area (Å²) in [4.78, 5) is 0. The first-order chi connectivity index (χ1) is 7.43. The monoisotopic (exact) mass is 219 g/mol. The molecule has 1 unspecified atom stereocenters. The number of nitrogens with two attached hydrogens (primary N) is 1. The van der Waals surface area contributed by atoms with Gasteiger partial charge in [-0.2, -0.15) is 0 Å². The SMILES string of the molecule is CCc1ccc(CCC(N)C(C)(C)C)cc1. The highest BCUT2D eigenvalue weighted by Crippen LogP contribution is 2.21. The number of rotatable bonds is 4. The maximum absolute atomic E-state index is 6.15. The Balaban J connectivity index is 2.48. The van der Waals surface area contributed by atoms with Gasteiger partial charge in [-0.25, -0.2) is 0 Å². The van der Waals surface area contributed by atoms with Crippen molar-refractivity contribution < 1.29 is 0 Å². The van der Waals surface area contributed by atoms with Crippen LogP contribution in [-0.4, -0.2) is 6.04 Å². The molecule has 90 valence electrons. The van der Waals surface area contributed by atoms with Gasteiger partial charge in [0.25, 0.3) is 0 Å². The van der Waals surface area contributed by atoms with Crippen LogP contribution in [0.15, 0.2) is 24.3 Å². The predicted octanol–water partition coefficient (Wildman–Crippen LogP) is 3.56. The first kappa shape index (κ1) is 13.2. The zero-order valence-electron chi connectivity index (χ0n) is 11.1. The minimum absolute atomic E-state index is 0.212. The summed E-state index contributed by atoms with van der Waals surface area (Å²) in [6.07, 6.45) is 3.26. The predicted molar refractivity (Wildman–Crippen MR) is 71.6 cm³/mol. The van der Waals surface area contributed by atoms with E-state index in [-0.39, 0.29) is 11.5 Å². The van der Waals surface area contributed by atoms with Crippen LogP contribution in [0.2, 0.25) is 0 Å². The smallest absolute Gasteiger partial charge is 0.00908 e. The molecule has 1 heteroatoms. The van der Waals surface area contributed by atoms with Crippen molar-refractivity contribution in [2.75, 3.05) is 0 Å². The molecule has 0 aromatic heterocycles. The van der Waals surface area contributed by atoms with E-state index >= 15 is 0 Å². The molecule has 0 radical (unpaired) electrons. The Bertz CT molecular complexity index is 305. The minimum atomic E-state index is 0.212. The molecule has 0 aliphatic rings. The third-order valence-electron chi connectivity index (χ3n) is 3.29. The summed E-state index contributed by atoms with van der Waals surface area (Å²) in [5, 5.41) is 0. The molecule has 1 aromatic carbocycles. The van der Waals surface area contributed by atoms with Gasteiger partial charge in [0, 0.05) is 6.04 Å². The number of aryl methyl sites for hydroxylation is 2. The second kappa shape index (κ2) is 5.49. The summed E-state index contributed by atoms with van der Waals surface area (Å²) in [5.41, 5.74) is 9.17. The number of benzene rings is 1. The van der Waals surface area contributed by atoms with E-state index in [4.69, 9.17) is 5.73 Å². The largest absolute Gasteiger partial charge is 0.327 e. The molecule has 0 saturated carbocycles. The van der Waals surface area contributed by atoms with Crippen molar-refractivity contribution in [1.82, 2.24) is 0 Å². The molecule has 0 aliphatic carbocycles. The number of hydrogen-bond acceptors (Lipinski definition) is 1. The lowest BCUT2D eigenvalue weighted by molar-refractivity contribution is 0.306. The minimum Gasteiger partial charge on any atom is -0.327 e. The summed E-state index contributed by atoms with van der Waals surface area (Å²) in [6, 6.07) is 9.18. The fraction of sp³-hybridized carbons (Fsp3) is 0.600. The van der Waals surface area contributed by atoms with E-state index in [9.17, 15) is 0 Å². The second-order valence-electron chi connectivity index (χ2n) is 5.68. The highest BCUT2D eigenvalue weighted by Gasteiger charge is 2.19. The summed E-state index contributed by atoms with van der Waals surface area (Å²) in [5.74, 6) is 0. The van der Waals surface area contributed by atoms with Crippen molar-refractivity contribution in [3.05, 3.63) is 35.4 Å². The molecule has 0 fully saturated rings. The molecule has 0 spiro atoms. The van der Waals surface area contributed by atoms with E-state index in [2.05, 4.69) is 52.0 Å². The van der Waals surface area contributed by atoms with Crippen molar-refractivity contribution in [2.45, 2.75) is 53.0 Å². The van der Waals surface area contributed by atoms with E-state index < -0.39 is 0 Å². The Kier molecular flexibility index (Phi) is 4.55. The van der Waals surface area contributed by atoms with Gasteiger partial charge in [-0.3, -0.25) is 0 Å². The van der Waals surface area contributed by atoms with E-state index in [0.717, 1.165) is 19.3 Å². The van der Waals surface area contributed by atoms with Crippen molar-refractivity contribution in [1.29, 1.82) is 0 Å². The third kappa shape index (κ3) is 3.97. The lowest BCUT2D eigenvalue weighted by atomic mass is 9.84. The molecule has 1 aromatic rings. The fourth-order valence-corrected chi connectivity index (χ4v) is 1.70. The molecule has 16 heavy (non-hydrogen) atoms. The van der Waals surface area contributed by atoms with Gasteiger partial charge < -0.3 is 5.73 Å². The Hall–Kier alpha value is -0.820. The molecule has 0 bridgehead atoms. The van der Waals surface area contributed by atoms with Crippen LogP contribution in [0.3, 0.4) is 0 Å². The lowest BCUT2D eigenvalue weighted by Gasteiger charge is -2.27. The molecular formula is C15H25N. The molecule has 2 N–H and O–H groups in total. The quantitative estimate of drug-likeness (QED) is 0.823. The Morgan fingerprint density at radius 2 is 1.56 bits per heavy atom. The van der Waals surface area contributed by atoms with Gasteiger partial charge >= 0.3 is 0 Å². The van der Waals surface area contributed by atoms with Crippen molar-refractivity contribution >= 4 is 0 Å². The average molecular weight is 219 g/mol. The van der Waals surface area contributed by atoms with E-state index in [1.54, 1.807) is 0 Å². The molecule has 0 amide bonds. The normalized spacial score (nSPS) is 13.8. The molecule has 1 rings (SSSR count). The van der Waals surface area contributed by atoms with Crippen molar-refractivity contribution in [2.24, 2.45) is 11.1 Å². The molecule has 1 atom stereocenters. The summed E-state index contributed by atoms with van der Waals surface area (Å²) in [7, 11) is 0. The molecular weight excluding hydrogens is 194 g/mol. The second-order valence-corrected chi connectivity index (χ2v) is 5.68. The van der Waals surface area contributed by atoms with E-state index in [1.165, 1.54) is 11.1 Å². The van der Waals surface area contributed by atoms with Crippen LogP contribution in [0.1, 0.15) is 45.2 Å². The topological polar surface area (TPSA) is 26.0 Å². The van der Waals surface area contributed by atoms with Crippen LogP contribution >= 0.6 is 0 Å². The van der Waals surface area contributed by atoms with Crippen LogP contribution in [0.25, 0.3) is 0 Å². The van der Waals surface area contributed by atoms with Crippen LogP contribution < -0.4 is 5.73 Å². The van der Waals surface area contributed by atoms with E-state index in [1.807, 2.05) is 0 Å². The van der Waals surface area contributed by atoms with Crippen LogP contribution in [0.5, 0.6) is 0 Å². The zero-order valence-corrected chi connectivity index (χ0v) is 11.1. The number of hydrogen-bond donors (Lipinski definition) is 1. The van der Waals surface area contributed by atoms with Gasteiger partial charge in [0.15, 0.2) is 0 Å².